The summed E-state index contributed by atoms with van der Waals surface area (Å²) in [6, 6.07) is 0. The molecule has 15 heavy (non-hydrogen) atoms. The fourth-order valence-corrected chi connectivity index (χ4v) is 1.71. The second-order valence-electron chi connectivity index (χ2n) is 4.92. The Hall–Kier alpha value is -0.120. The molecule has 0 saturated heterocycles. The van der Waals surface area contributed by atoms with Crippen molar-refractivity contribution in [2.75, 3.05) is 6.61 Å². The van der Waals surface area contributed by atoms with Gasteiger partial charge in [0.25, 0.3) is 0 Å². The Kier molecular flexibility index (Phi) is 7.14. The van der Waals surface area contributed by atoms with Crippen molar-refractivity contribution in [2.24, 2.45) is 11.8 Å². The number of ether oxygens (including phenoxy) is 1. The van der Waals surface area contributed by atoms with Gasteiger partial charge >= 0.3 is 0 Å². The molecule has 0 rings (SSSR count). The van der Waals surface area contributed by atoms with Crippen LogP contribution in [0.25, 0.3) is 0 Å². The van der Waals surface area contributed by atoms with Crippen molar-refractivity contribution >= 4 is 0 Å². The van der Waals surface area contributed by atoms with Gasteiger partial charge < -0.3 is 14.9 Å². The third-order valence-corrected chi connectivity index (χ3v) is 2.64. The van der Waals surface area contributed by atoms with Crippen molar-refractivity contribution in [1.29, 1.82) is 0 Å². The Labute approximate surface area is 93.5 Å². The topological polar surface area (TPSA) is 49.7 Å². The minimum absolute atomic E-state index is 0.135. The van der Waals surface area contributed by atoms with E-state index < -0.39 is 6.10 Å². The van der Waals surface area contributed by atoms with Crippen LogP contribution in [0.1, 0.15) is 41.0 Å². The largest absolute Gasteiger partial charge is 0.393 e. The summed E-state index contributed by atoms with van der Waals surface area (Å²) in [6.45, 7) is 10.2. The minimum Gasteiger partial charge on any atom is -0.393 e. The Balaban J connectivity index is 3.95. The SMILES string of the molecule is CC(C)OCC(O)CC(C(C)C)C(C)O. The molecule has 0 aromatic carbocycles. The van der Waals surface area contributed by atoms with Crippen LogP contribution in [-0.2, 0) is 4.74 Å². The smallest absolute Gasteiger partial charge is 0.0777 e. The second-order valence-corrected chi connectivity index (χ2v) is 4.92. The van der Waals surface area contributed by atoms with E-state index in [0.717, 1.165) is 0 Å². The van der Waals surface area contributed by atoms with Gasteiger partial charge in [-0.15, -0.1) is 0 Å². The zero-order valence-corrected chi connectivity index (χ0v) is 10.6. The predicted molar refractivity (Wildman–Crippen MR) is 61.7 cm³/mol. The first-order chi connectivity index (χ1) is 6.84. The molecule has 0 fully saturated rings. The summed E-state index contributed by atoms with van der Waals surface area (Å²) in [7, 11) is 0. The highest BCUT2D eigenvalue weighted by Crippen LogP contribution is 2.21. The number of aliphatic hydroxyl groups excluding tert-OH is 2. The van der Waals surface area contributed by atoms with E-state index in [0.29, 0.717) is 18.9 Å². The van der Waals surface area contributed by atoms with Gasteiger partial charge in [0.15, 0.2) is 0 Å². The van der Waals surface area contributed by atoms with E-state index in [1.54, 1.807) is 6.92 Å². The summed E-state index contributed by atoms with van der Waals surface area (Å²) in [5.74, 6) is 0.509. The normalized spacial score (nSPS) is 18.2. The zero-order chi connectivity index (χ0) is 12.0. The van der Waals surface area contributed by atoms with E-state index in [9.17, 15) is 10.2 Å². The molecular weight excluding hydrogens is 192 g/mol. The molecule has 3 atom stereocenters. The van der Waals surface area contributed by atoms with Crippen LogP contribution in [0.5, 0.6) is 0 Å². The molecule has 3 heteroatoms. The predicted octanol–water partition coefficient (Wildman–Crippen LogP) is 1.82. The average Bonchev–Trinajstić information content (AvgIpc) is 2.09. The van der Waals surface area contributed by atoms with Gasteiger partial charge in [-0.3, -0.25) is 0 Å². The van der Waals surface area contributed by atoms with Crippen LogP contribution in [0.3, 0.4) is 0 Å². The standard InChI is InChI=1S/C12H26O3/c1-8(2)12(10(5)13)6-11(14)7-15-9(3)4/h8-14H,6-7H2,1-5H3. The lowest BCUT2D eigenvalue weighted by atomic mass is 9.86. The molecular formula is C12H26O3. The summed E-state index contributed by atoms with van der Waals surface area (Å²) >= 11 is 0. The third-order valence-electron chi connectivity index (χ3n) is 2.64. The Morgan fingerprint density at radius 1 is 1.00 bits per heavy atom. The Bertz CT molecular complexity index is 147. The van der Waals surface area contributed by atoms with E-state index in [-0.39, 0.29) is 18.1 Å². The van der Waals surface area contributed by atoms with E-state index in [1.807, 2.05) is 13.8 Å². The molecule has 0 spiro atoms. The molecule has 3 nitrogen and oxygen atoms in total. The lowest BCUT2D eigenvalue weighted by Crippen LogP contribution is -2.29. The van der Waals surface area contributed by atoms with Crippen molar-refractivity contribution in [3.63, 3.8) is 0 Å². The Morgan fingerprint density at radius 2 is 1.53 bits per heavy atom. The van der Waals surface area contributed by atoms with E-state index >= 15 is 0 Å². The highest BCUT2D eigenvalue weighted by molar-refractivity contribution is 4.72. The first kappa shape index (κ1) is 14.9. The van der Waals surface area contributed by atoms with Crippen LogP contribution in [-0.4, -0.2) is 35.1 Å². The quantitative estimate of drug-likeness (QED) is 0.685. The molecule has 0 amide bonds. The maximum atomic E-state index is 9.73. The first-order valence-electron chi connectivity index (χ1n) is 5.82. The average molecular weight is 218 g/mol. The molecule has 0 aromatic heterocycles. The zero-order valence-electron chi connectivity index (χ0n) is 10.6. The van der Waals surface area contributed by atoms with Crippen LogP contribution in [0.4, 0.5) is 0 Å². The molecule has 0 aliphatic carbocycles. The van der Waals surface area contributed by atoms with Gasteiger partial charge in [0.1, 0.15) is 0 Å². The molecule has 92 valence electrons. The van der Waals surface area contributed by atoms with Gasteiger partial charge in [-0.25, -0.2) is 0 Å². The van der Waals surface area contributed by atoms with Gasteiger partial charge in [-0.2, -0.15) is 0 Å². The summed E-state index contributed by atoms with van der Waals surface area (Å²) in [5, 5.41) is 19.3. The molecule has 0 bridgehead atoms. The highest BCUT2D eigenvalue weighted by Gasteiger charge is 2.22. The van der Waals surface area contributed by atoms with Crippen molar-refractivity contribution < 1.29 is 14.9 Å². The van der Waals surface area contributed by atoms with Crippen molar-refractivity contribution in [3.8, 4) is 0 Å². The minimum atomic E-state index is -0.477. The Morgan fingerprint density at radius 3 is 1.87 bits per heavy atom. The van der Waals surface area contributed by atoms with Crippen molar-refractivity contribution in [3.05, 3.63) is 0 Å². The van der Waals surface area contributed by atoms with Gasteiger partial charge in [-0.1, -0.05) is 13.8 Å². The summed E-state index contributed by atoms with van der Waals surface area (Å²) in [5.41, 5.74) is 0. The lowest BCUT2D eigenvalue weighted by Gasteiger charge is -2.26. The fourth-order valence-electron chi connectivity index (χ4n) is 1.71. The third kappa shape index (κ3) is 6.88. The molecule has 0 aliphatic rings. The maximum absolute atomic E-state index is 9.73. The molecule has 3 unspecified atom stereocenters. The highest BCUT2D eigenvalue weighted by atomic mass is 16.5. The van der Waals surface area contributed by atoms with E-state index in [4.69, 9.17) is 4.74 Å². The van der Waals surface area contributed by atoms with E-state index in [2.05, 4.69) is 13.8 Å². The van der Waals surface area contributed by atoms with Gasteiger partial charge in [0, 0.05) is 0 Å². The first-order valence-corrected chi connectivity index (χ1v) is 5.82. The van der Waals surface area contributed by atoms with E-state index in [1.165, 1.54) is 0 Å². The van der Waals surface area contributed by atoms with Crippen molar-refractivity contribution in [1.82, 2.24) is 0 Å². The lowest BCUT2D eigenvalue weighted by molar-refractivity contribution is -0.0203. The molecule has 0 aliphatic heterocycles. The van der Waals surface area contributed by atoms with Crippen LogP contribution in [0, 0.1) is 11.8 Å². The molecule has 2 N–H and O–H groups in total. The monoisotopic (exact) mass is 218 g/mol. The summed E-state index contributed by atoms with van der Waals surface area (Å²) in [6.07, 6.45) is -0.112. The van der Waals surface area contributed by atoms with Gasteiger partial charge in [0.05, 0.1) is 24.9 Å². The van der Waals surface area contributed by atoms with Crippen LogP contribution in [0.2, 0.25) is 0 Å². The molecule has 0 radical (unpaired) electrons. The number of hydrogen-bond donors (Lipinski definition) is 2. The van der Waals surface area contributed by atoms with Gasteiger partial charge in [-0.05, 0) is 39.0 Å². The van der Waals surface area contributed by atoms with Crippen LogP contribution < -0.4 is 0 Å². The van der Waals surface area contributed by atoms with Gasteiger partial charge in [0.2, 0.25) is 0 Å². The summed E-state index contributed by atoms with van der Waals surface area (Å²) in [4.78, 5) is 0. The molecule has 0 heterocycles. The van der Waals surface area contributed by atoms with Crippen LogP contribution in [0.15, 0.2) is 0 Å². The van der Waals surface area contributed by atoms with Crippen molar-refractivity contribution in [2.45, 2.75) is 59.4 Å². The number of aliphatic hydroxyl groups is 2. The number of rotatable bonds is 7. The number of hydrogen-bond acceptors (Lipinski definition) is 3. The molecule has 0 aromatic rings. The fraction of sp³-hybridized carbons (Fsp3) is 1.00. The second kappa shape index (κ2) is 7.20. The summed E-state index contributed by atoms with van der Waals surface area (Å²) < 4.78 is 5.33. The maximum Gasteiger partial charge on any atom is 0.0777 e. The van der Waals surface area contributed by atoms with Crippen LogP contribution >= 0.6 is 0 Å². The molecule has 0 saturated carbocycles.